The molecule has 0 saturated heterocycles. The Morgan fingerprint density at radius 2 is 2.43 bits per heavy atom. The third kappa shape index (κ3) is 1.98. The number of furan rings is 1. The predicted molar refractivity (Wildman–Crippen MR) is 79.5 cm³/mol. The molecule has 21 heavy (non-hydrogen) atoms. The first kappa shape index (κ1) is 12.6. The van der Waals surface area contributed by atoms with E-state index in [1.165, 1.54) is 0 Å². The van der Waals surface area contributed by atoms with E-state index in [0.29, 0.717) is 13.0 Å². The molecule has 0 aliphatic carbocycles. The van der Waals surface area contributed by atoms with E-state index in [2.05, 4.69) is 21.6 Å². The molecule has 0 unspecified atom stereocenters. The van der Waals surface area contributed by atoms with Crippen LogP contribution in [0.2, 0.25) is 0 Å². The normalized spacial score (nSPS) is 18.5. The average Bonchev–Trinajstić information content (AvgIpc) is 3.16. The monoisotopic (exact) mass is 301 g/mol. The molecule has 4 rings (SSSR count). The summed E-state index contributed by atoms with van der Waals surface area (Å²) in [5, 5.41) is 4.93. The minimum absolute atomic E-state index is 0.0384. The van der Waals surface area contributed by atoms with Gasteiger partial charge >= 0.3 is 0 Å². The van der Waals surface area contributed by atoms with E-state index in [-0.39, 0.29) is 11.8 Å². The molecule has 4 heterocycles. The fraction of sp³-hybridized carbons (Fsp3) is 0.333. The summed E-state index contributed by atoms with van der Waals surface area (Å²) in [6.45, 7) is 2.55. The van der Waals surface area contributed by atoms with Crippen molar-refractivity contribution in [1.29, 1.82) is 0 Å². The lowest BCUT2D eigenvalue weighted by Crippen LogP contribution is -2.21. The molecule has 0 radical (unpaired) electrons. The Balaban J connectivity index is 1.89. The molecule has 1 amide bonds. The highest BCUT2D eigenvalue weighted by molar-refractivity contribution is 7.15. The van der Waals surface area contributed by atoms with Crippen molar-refractivity contribution in [2.45, 2.75) is 32.2 Å². The van der Waals surface area contributed by atoms with Gasteiger partial charge in [0.25, 0.3) is 0 Å². The SMILES string of the molecule is CCc1ccc([C@@H]2CC(=O)NCc3nc4sccn4c32)o1. The van der Waals surface area contributed by atoms with Crippen LogP contribution in [0.1, 0.15) is 42.2 Å². The van der Waals surface area contributed by atoms with Crippen LogP contribution in [-0.4, -0.2) is 15.3 Å². The van der Waals surface area contributed by atoms with Crippen molar-refractivity contribution in [3.63, 3.8) is 0 Å². The molecule has 5 nitrogen and oxygen atoms in total. The molecule has 1 N–H and O–H groups in total. The van der Waals surface area contributed by atoms with Gasteiger partial charge in [0.1, 0.15) is 11.5 Å². The molecule has 1 aliphatic rings. The van der Waals surface area contributed by atoms with Crippen LogP contribution in [0.5, 0.6) is 0 Å². The number of aryl methyl sites for hydroxylation is 1. The molecule has 0 aromatic carbocycles. The van der Waals surface area contributed by atoms with E-state index in [1.54, 1.807) is 11.3 Å². The molecule has 1 aliphatic heterocycles. The summed E-state index contributed by atoms with van der Waals surface area (Å²) in [7, 11) is 0. The van der Waals surface area contributed by atoms with Crippen LogP contribution in [0.25, 0.3) is 4.96 Å². The number of rotatable bonds is 2. The molecule has 0 saturated carbocycles. The number of carbonyl (C=O) groups is 1. The number of carbonyl (C=O) groups excluding carboxylic acids is 1. The number of hydrogen-bond acceptors (Lipinski definition) is 4. The summed E-state index contributed by atoms with van der Waals surface area (Å²) in [5.41, 5.74) is 2.01. The average molecular weight is 301 g/mol. The second kappa shape index (κ2) is 4.73. The van der Waals surface area contributed by atoms with Gasteiger partial charge in [0, 0.05) is 24.4 Å². The number of nitrogens with zero attached hydrogens (tertiary/aromatic N) is 2. The van der Waals surface area contributed by atoms with E-state index in [4.69, 9.17) is 4.42 Å². The highest BCUT2D eigenvalue weighted by atomic mass is 32.1. The van der Waals surface area contributed by atoms with Gasteiger partial charge in [-0.3, -0.25) is 9.20 Å². The largest absolute Gasteiger partial charge is 0.465 e. The van der Waals surface area contributed by atoms with Crippen molar-refractivity contribution < 1.29 is 9.21 Å². The number of fused-ring (bicyclic) bond motifs is 3. The van der Waals surface area contributed by atoms with Crippen molar-refractivity contribution >= 4 is 22.2 Å². The minimum atomic E-state index is -0.0765. The molecule has 0 bridgehead atoms. The van der Waals surface area contributed by atoms with Gasteiger partial charge in [0.05, 0.1) is 23.9 Å². The fourth-order valence-corrected chi connectivity index (χ4v) is 3.63. The van der Waals surface area contributed by atoms with Crippen LogP contribution in [0.15, 0.2) is 28.1 Å². The zero-order valence-electron chi connectivity index (χ0n) is 11.6. The number of nitrogens with one attached hydrogen (secondary N) is 1. The summed E-state index contributed by atoms with van der Waals surface area (Å²) in [6, 6.07) is 3.97. The van der Waals surface area contributed by atoms with Gasteiger partial charge < -0.3 is 9.73 Å². The smallest absolute Gasteiger partial charge is 0.221 e. The molecule has 108 valence electrons. The Kier molecular flexibility index (Phi) is 2.85. The number of amides is 1. The van der Waals surface area contributed by atoms with Gasteiger partial charge in [-0.2, -0.15) is 0 Å². The third-order valence-electron chi connectivity index (χ3n) is 3.92. The number of imidazole rings is 1. The third-order valence-corrected chi connectivity index (χ3v) is 4.68. The second-order valence-electron chi connectivity index (χ2n) is 5.19. The second-order valence-corrected chi connectivity index (χ2v) is 6.06. The summed E-state index contributed by atoms with van der Waals surface area (Å²) in [4.78, 5) is 17.6. The van der Waals surface area contributed by atoms with E-state index >= 15 is 0 Å². The van der Waals surface area contributed by atoms with Crippen LogP contribution in [0, 0.1) is 0 Å². The zero-order valence-corrected chi connectivity index (χ0v) is 12.4. The standard InChI is InChI=1S/C15H15N3O2S/c1-2-9-3-4-12(20-9)10-7-13(19)16-8-11-14(10)18-5-6-21-15(18)17-11/h3-6,10H,2,7-8H2,1H3,(H,16,19)/t10-/m0/s1. The van der Waals surface area contributed by atoms with E-state index < -0.39 is 0 Å². The van der Waals surface area contributed by atoms with E-state index in [9.17, 15) is 4.79 Å². The minimum Gasteiger partial charge on any atom is -0.465 e. The van der Waals surface area contributed by atoms with Gasteiger partial charge in [-0.1, -0.05) is 6.92 Å². The topological polar surface area (TPSA) is 59.5 Å². The number of thiazole rings is 1. The van der Waals surface area contributed by atoms with Crippen molar-refractivity contribution in [3.05, 3.63) is 46.6 Å². The van der Waals surface area contributed by atoms with E-state index in [1.807, 2.05) is 23.7 Å². The highest BCUT2D eigenvalue weighted by Gasteiger charge is 2.31. The van der Waals surface area contributed by atoms with Gasteiger partial charge in [0.15, 0.2) is 4.96 Å². The zero-order chi connectivity index (χ0) is 14.4. The number of hydrogen-bond donors (Lipinski definition) is 1. The van der Waals surface area contributed by atoms with Crippen molar-refractivity contribution in [2.24, 2.45) is 0 Å². The van der Waals surface area contributed by atoms with Gasteiger partial charge in [-0.25, -0.2) is 4.98 Å². The maximum atomic E-state index is 12.0. The Hall–Kier alpha value is -2.08. The molecule has 3 aromatic heterocycles. The van der Waals surface area contributed by atoms with E-state index in [0.717, 1.165) is 34.3 Å². The van der Waals surface area contributed by atoms with Gasteiger partial charge in [0.2, 0.25) is 5.91 Å². The maximum absolute atomic E-state index is 12.0. The van der Waals surface area contributed by atoms with Gasteiger partial charge in [-0.15, -0.1) is 11.3 Å². The molecule has 1 atom stereocenters. The van der Waals surface area contributed by atoms with Crippen LogP contribution in [0.4, 0.5) is 0 Å². The first-order valence-electron chi connectivity index (χ1n) is 7.06. The van der Waals surface area contributed by atoms with Crippen molar-refractivity contribution in [2.75, 3.05) is 0 Å². The van der Waals surface area contributed by atoms with Gasteiger partial charge in [-0.05, 0) is 12.1 Å². The fourth-order valence-electron chi connectivity index (χ4n) is 2.89. The first-order valence-corrected chi connectivity index (χ1v) is 7.94. The quantitative estimate of drug-likeness (QED) is 0.791. The van der Waals surface area contributed by atoms with Crippen LogP contribution in [-0.2, 0) is 17.8 Å². The molecule has 0 fully saturated rings. The molecule has 3 aromatic rings. The summed E-state index contributed by atoms with van der Waals surface area (Å²) >= 11 is 1.60. The summed E-state index contributed by atoms with van der Waals surface area (Å²) in [6.07, 6.45) is 3.26. The van der Waals surface area contributed by atoms with Crippen LogP contribution in [0.3, 0.4) is 0 Å². The van der Waals surface area contributed by atoms with Crippen LogP contribution >= 0.6 is 11.3 Å². The maximum Gasteiger partial charge on any atom is 0.221 e. The Bertz CT molecular complexity index is 814. The summed E-state index contributed by atoms with van der Waals surface area (Å²) < 4.78 is 7.99. The van der Waals surface area contributed by atoms with Crippen molar-refractivity contribution in [1.82, 2.24) is 14.7 Å². The molecular formula is C15H15N3O2S. The molecular weight excluding hydrogens is 286 g/mol. The lowest BCUT2D eigenvalue weighted by molar-refractivity contribution is -0.121. The predicted octanol–water partition coefficient (Wildman–Crippen LogP) is 2.70. The highest BCUT2D eigenvalue weighted by Crippen LogP contribution is 2.35. The lowest BCUT2D eigenvalue weighted by Gasteiger charge is -2.11. The Labute approximate surface area is 125 Å². The van der Waals surface area contributed by atoms with Crippen LogP contribution < -0.4 is 5.32 Å². The Morgan fingerprint density at radius 3 is 3.24 bits per heavy atom. The van der Waals surface area contributed by atoms with Crippen molar-refractivity contribution in [3.8, 4) is 0 Å². The lowest BCUT2D eigenvalue weighted by atomic mass is 9.97. The molecule has 6 heteroatoms. The first-order chi connectivity index (χ1) is 10.3. The Morgan fingerprint density at radius 1 is 1.52 bits per heavy atom. The molecule has 0 spiro atoms. The number of aromatic nitrogens is 2. The summed E-state index contributed by atoms with van der Waals surface area (Å²) in [5.74, 6) is 1.75.